The maximum absolute atomic E-state index is 11.8. The maximum atomic E-state index is 11.8. The van der Waals surface area contributed by atoms with Crippen molar-refractivity contribution >= 4 is 5.91 Å². The van der Waals surface area contributed by atoms with Gasteiger partial charge in [-0.3, -0.25) is 4.79 Å². The van der Waals surface area contributed by atoms with Crippen LogP contribution in [0, 0.1) is 12.3 Å². The van der Waals surface area contributed by atoms with Gasteiger partial charge in [-0.05, 0) is 6.42 Å². The smallest absolute Gasteiger partial charge is 0.380 e. The van der Waals surface area contributed by atoms with Gasteiger partial charge < -0.3 is 15.4 Å². The van der Waals surface area contributed by atoms with E-state index >= 15 is 0 Å². The van der Waals surface area contributed by atoms with Gasteiger partial charge >= 0.3 is 12.1 Å². The number of rotatable bonds is 9. The van der Waals surface area contributed by atoms with Gasteiger partial charge in [-0.15, -0.1) is 12.3 Å². The molecule has 0 aliphatic carbocycles. The first kappa shape index (κ1) is 16.7. The minimum absolute atomic E-state index is 0.0527. The molecule has 0 aromatic carbocycles. The van der Waals surface area contributed by atoms with Crippen LogP contribution in [0.5, 0.6) is 0 Å². The minimum atomic E-state index is -4.82. The molecule has 0 radical (unpaired) electrons. The molecule has 0 heterocycles. The van der Waals surface area contributed by atoms with Gasteiger partial charge in [0.2, 0.25) is 0 Å². The Morgan fingerprint density at radius 2 is 1.94 bits per heavy atom. The highest BCUT2D eigenvalue weighted by Crippen LogP contribution is 2.13. The summed E-state index contributed by atoms with van der Waals surface area (Å²) in [4.78, 5) is 10.4. The number of hydrogen-bond donors (Lipinski definition) is 2. The number of halogens is 3. The van der Waals surface area contributed by atoms with Crippen molar-refractivity contribution in [2.24, 2.45) is 0 Å². The van der Waals surface area contributed by atoms with Gasteiger partial charge in [0.15, 0.2) is 0 Å². The molecule has 104 valence electrons. The minimum Gasteiger partial charge on any atom is -0.380 e. The second kappa shape index (κ2) is 9.74. The molecule has 0 atom stereocenters. The Labute approximate surface area is 104 Å². The summed E-state index contributed by atoms with van der Waals surface area (Å²) in [6, 6.07) is 0. The number of amides is 1. The average Bonchev–Trinajstić information content (AvgIpc) is 2.30. The fraction of sp³-hybridized carbons (Fsp3) is 0.727. The van der Waals surface area contributed by atoms with E-state index in [1.165, 1.54) is 0 Å². The first-order valence-corrected chi connectivity index (χ1v) is 5.55. The highest BCUT2D eigenvalue weighted by molar-refractivity contribution is 5.81. The van der Waals surface area contributed by atoms with Crippen molar-refractivity contribution in [1.29, 1.82) is 0 Å². The molecule has 1 amide bonds. The Morgan fingerprint density at radius 3 is 2.56 bits per heavy atom. The molecule has 0 saturated carbocycles. The van der Waals surface area contributed by atoms with E-state index in [9.17, 15) is 18.0 Å². The Hall–Kier alpha value is -1.26. The summed E-state index contributed by atoms with van der Waals surface area (Å²) >= 11 is 0. The molecule has 0 saturated heterocycles. The largest absolute Gasteiger partial charge is 0.471 e. The van der Waals surface area contributed by atoms with Crippen molar-refractivity contribution in [2.75, 3.05) is 32.8 Å². The summed E-state index contributed by atoms with van der Waals surface area (Å²) in [6.45, 7) is 2.05. The van der Waals surface area contributed by atoms with E-state index in [4.69, 9.17) is 11.2 Å². The molecule has 2 N–H and O–H groups in total. The lowest BCUT2D eigenvalue weighted by atomic mass is 10.4. The van der Waals surface area contributed by atoms with Gasteiger partial charge in [0.1, 0.15) is 0 Å². The zero-order valence-electron chi connectivity index (χ0n) is 9.98. The fourth-order valence-electron chi connectivity index (χ4n) is 1.01. The Balaban J connectivity index is 3.22. The summed E-state index contributed by atoms with van der Waals surface area (Å²) in [7, 11) is 0. The number of carbonyl (C=O) groups excluding carboxylic acids is 1. The van der Waals surface area contributed by atoms with Gasteiger partial charge in [-0.25, -0.2) is 0 Å². The molecule has 0 fully saturated rings. The van der Waals surface area contributed by atoms with Crippen LogP contribution < -0.4 is 10.6 Å². The molecule has 0 bridgehead atoms. The normalized spacial score (nSPS) is 11.0. The average molecular weight is 266 g/mol. The molecule has 0 aliphatic rings. The zero-order valence-corrected chi connectivity index (χ0v) is 9.98. The molecule has 4 nitrogen and oxygen atoms in total. The molecule has 0 rings (SSSR count). The maximum Gasteiger partial charge on any atom is 0.471 e. The van der Waals surface area contributed by atoms with Gasteiger partial charge in [0.05, 0.1) is 6.61 Å². The van der Waals surface area contributed by atoms with E-state index < -0.39 is 12.1 Å². The van der Waals surface area contributed by atoms with Crippen LogP contribution in [0.4, 0.5) is 13.2 Å². The Bertz CT molecular complexity index is 274. The van der Waals surface area contributed by atoms with Gasteiger partial charge in [0, 0.05) is 32.7 Å². The van der Waals surface area contributed by atoms with E-state index in [0.717, 1.165) is 0 Å². The standard InChI is InChI=1S/C11H17F3N2O2/c1-2-3-5-15-7-9-18-8-4-6-16-10(17)11(12,13)14/h1,15H,3-9H2,(H,16,17). The van der Waals surface area contributed by atoms with Crippen LogP contribution in [0.25, 0.3) is 0 Å². The first-order chi connectivity index (χ1) is 8.48. The molecular weight excluding hydrogens is 249 g/mol. The van der Waals surface area contributed by atoms with Gasteiger partial charge in [0.25, 0.3) is 0 Å². The number of ether oxygens (including phenoxy) is 1. The lowest BCUT2D eigenvalue weighted by Crippen LogP contribution is -2.37. The van der Waals surface area contributed by atoms with Crippen LogP contribution in [0.1, 0.15) is 12.8 Å². The summed E-state index contributed by atoms with van der Waals surface area (Å²) in [5.74, 6) is 0.556. The molecule has 0 aromatic heterocycles. The SMILES string of the molecule is C#CCCNCCOCCCNC(=O)C(F)(F)F. The van der Waals surface area contributed by atoms with Crippen molar-refractivity contribution in [3.8, 4) is 12.3 Å². The molecular formula is C11H17F3N2O2. The molecule has 18 heavy (non-hydrogen) atoms. The van der Waals surface area contributed by atoms with E-state index in [0.29, 0.717) is 39.1 Å². The van der Waals surface area contributed by atoms with Crippen LogP contribution >= 0.6 is 0 Å². The molecule has 0 aliphatic heterocycles. The summed E-state index contributed by atoms with van der Waals surface area (Å²) in [5, 5.41) is 4.79. The van der Waals surface area contributed by atoms with Gasteiger partial charge in [-0.2, -0.15) is 13.2 Å². The monoisotopic (exact) mass is 266 g/mol. The number of terminal acetylenes is 1. The number of nitrogens with one attached hydrogen (secondary N) is 2. The summed E-state index contributed by atoms with van der Waals surface area (Å²) in [6.07, 6.45) is 1.21. The molecule has 0 aromatic rings. The van der Waals surface area contributed by atoms with Crippen LogP contribution in [-0.4, -0.2) is 44.9 Å². The molecule has 0 spiro atoms. The van der Waals surface area contributed by atoms with Crippen LogP contribution in [0.15, 0.2) is 0 Å². The second-order valence-corrected chi connectivity index (χ2v) is 3.42. The summed E-state index contributed by atoms with van der Waals surface area (Å²) in [5.41, 5.74) is 0. The van der Waals surface area contributed by atoms with Gasteiger partial charge in [-0.1, -0.05) is 0 Å². The van der Waals surface area contributed by atoms with Crippen LogP contribution in [0.2, 0.25) is 0 Å². The predicted molar refractivity (Wildman–Crippen MR) is 60.8 cm³/mol. The molecule has 7 heteroatoms. The second-order valence-electron chi connectivity index (χ2n) is 3.42. The van der Waals surface area contributed by atoms with Crippen molar-refractivity contribution in [3.05, 3.63) is 0 Å². The van der Waals surface area contributed by atoms with Crippen molar-refractivity contribution in [3.63, 3.8) is 0 Å². The van der Waals surface area contributed by atoms with Crippen LogP contribution in [0.3, 0.4) is 0 Å². The Kier molecular flexibility index (Phi) is 9.06. The number of alkyl halides is 3. The van der Waals surface area contributed by atoms with E-state index in [-0.39, 0.29) is 6.54 Å². The predicted octanol–water partition coefficient (Wildman–Crippen LogP) is 0.684. The molecule has 0 unspecified atom stereocenters. The third-order valence-electron chi connectivity index (χ3n) is 1.88. The van der Waals surface area contributed by atoms with Crippen molar-refractivity contribution < 1.29 is 22.7 Å². The zero-order chi connectivity index (χ0) is 13.9. The summed E-state index contributed by atoms with van der Waals surface area (Å²) < 4.78 is 40.4. The third-order valence-corrected chi connectivity index (χ3v) is 1.88. The van der Waals surface area contributed by atoms with E-state index in [1.54, 1.807) is 5.32 Å². The number of carbonyl (C=O) groups is 1. The van der Waals surface area contributed by atoms with E-state index in [2.05, 4.69) is 11.2 Å². The Morgan fingerprint density at radius 1 is 1.22 bits per heavy atom. The topological polar surface area (TPSA) is 50.4 Å². The lowest BCUT2D eigenvalue weighted by Gasteiger charge is -2.08. The quantitative estimate of drug-likeness (QED) is 0.477. The first-order valence-electron chi connectivity index (χ1n) is 5.55. The van der Waals surface area contributed by atoms with Crippen molar-refractivity contribution in [2.45, 2.75) is 19.0 Å². The third kappa shape index (κ3) is 9.93. The highest BCUT2D eigenvalue weighted by Gasteiger charge is 2.38. The number of hydrogen-bond acceptors (Lipinski definition) is 3. The fourth-order valence-corrected chi connectivity index (χ4v) is 1.01. The lowest BCUT2D eigenvalue weighted by molar-refractivity contribution is -0.173. The van der Waals surface area contributed by atoms with E-state index in [1.807, 2.05) is 0 Å². The van der Waals surface area contributed by atoms with Crippen LogP contribution in [-0.2, 0) is 9.53 Å². The van der Waals surface area contributed by atoms with Crippen molar-refractivity contribution in [1.82, 2.24) is 10.6 Å². The highest BCUT2D eigenvalue weighted by atomic mass is 19.4.